The molecule has 0 heterocycles. The molecule has 3 N–H and O–H groups in total. The van der Waals surface area contributed by atoms with Gasteiger partial charge in [0.2, 0.25) is 0 Å². The fraction of sp³-hybridized carbons (Fsp3) is 0.500. The molecule has 1 aromatic rings. The molecule has 100 valence electrons. The molecule has 0 fully saturated rings. The highest BCUT2D eigenvalue weighted by atomic mass is 16.3. The van der Waals surface area contributed by atoms with Gasteiger partial charge in [-0.05, 0) is 24.5 Å². The average Bonchev–Trinajstić information content (AvgIpc) is 2.36. The highest BCUT2D eigenvalue weighted by Crippen LogP contribution is 2.22. The van der Waals surface area contributed by atoms with Gasteiger partial charge in [-0.1, -0.05) is 32.4 Å². The largest absolute Gasteiger partial charge is 0.507 e. The molecule has 0 saturated heterocycles. The monoisotopic (exact) mass is 251 g/mol. The van der Waals surface area contributed by atoms with Gasteiger partial charge >= 0.3 is 0 Å². The van der Waals surface area contributed by atoms with Gasteiger partial charge in [-0.2, -0.15) is 0 Å². The van der Waals surface area contributed by atoms with Gasteiger partial charge < -0.3 is 15.5 Å². The van der Waals surface area contributed by atoms with E-state index < -0.39 is 6.10 Å². The summed E-state index contributed by atoms with van der Waals surface area (Å²) in [6.07, 6.45) is 1.66. The Morgan fingerprint density at radius 3 is 2.72 bits per heavy atom. The van der Waals surface area contributed by atoms with Crippen molar-refractivity contribution in [3.8, 4) is 5.75 Å². The third-order valence-corrected chi connectivity index (χ3v) is 2.87. The van der Waals surface area contributed by atoms with Crippen molar-refractivity contribution in [2.24, 2.45) is 0 Å². The summed E-state index contributed by atoms with van der Waals surface area (Å²) >= 11 is 0. The summed E-state index contributed by atoms with van der Waals surface area (Å²) in [5.41, 5.74) is 1.01. The van der Waals surface area contributed by atoms with Gasteiger partial charge in [0.25, 0.3) is 5.91 Å². The van der Waals surface area contributed by atoms with E-state index in [1.54, 1.807) is 18.2 Å². The predicted molar refractivity (Wildman–Crippen MR) is 70.7 cm³/mol. The quantitative estimate of drug-likeness (QED) is 0.722. The maximum Gasteiger partial charge on any atom is 0.255 e. The fourth-order valence-electron chi connectivity index (χ4n) is 1.80. The van der Waals surface area contributed by atoms with E-state index in [4.69, 9.17) is 0 Å². The van der Waals surface area contributed by atoms with Gasteiger partial charge in [0.05, 0.1) is 11.7 Å². The van der Waals surface area contributed by atoms with Crippen LogP contribution in [0.25, 0.3) is 0 Å². The highest BCUT2D eigenvalue weighted by molar-refractivity contribution is 5.97. The van der Waals surface area contributed by atoms with Gasteiger partial charge in [-0.15, -0.1) is 0 Å². The van der Waals surface area contributed by atoms with Crippen molar-refractivity contribution in [2.75, 3.05) is 6.54 Å². The van der Waals surface area contributed by atoms with E-state index in [1.807, 2.05) is 13.8 Å². The minimum Gasteiger partial charge on any atom is -0.507 e. The number of nitrogens with one attached hydrogen (secondary N) is 1. The molecule has 0 aliphatic carbocycles. The van der Waals surface area contributed by atoms with Crippen LogP contribution in [0.2, 0.25) is 0 Å². The molecule has 1 rings (SSSR count). The Hall–Kier alpha value is -1.55. The molecule has 0 spiro atoms. The summed E-state index contributed by atoms with van der Waals surface area (Å²) in [5.74, 6) is -0.319. The summed E-state index contributed by atoms with van der Waals surface area (Å²) in [7, 11) is 0. The number of carbonyl (C=O) groups is 1. The summed E-state index contributed by atoms with van der Waals surface area (Å²) in [5, 5.41) is 22.1. The minimum atomic E-state index is -0.532. The van der Waals surface area contributed by atoms with Crippen LogP contribution in [0, 0.1) is 0 Å². The van der Waals surface area contributed by atoms with Gasteiger partial charge in [0, 0.05) is 6.54 Å². The third-order valence-electron chi connectivity index (χ3n) is 2.87. The van der Waals surface area contributed by atoms with Crippen LogP contribution in [0.1, 0.15) is 42.6 Å². The molecule has 0 saturated carbocycles. The standard InChI is InChI=1S/C14H21NO3/c1-3-6-11(16)9-15-14(18)12-8-5-7-10(4-2)13(12)17/h5,7-8,11,16-17H,3-4,6,9H2,1-2H3,(H,15,18). The lowest BCUT2D eigenvalue weighted by Gasteiger charge is -2.12. The van der Waals surface area contributed by atoms with Crippen LogP contribution in [-0.2, 0) is 6.42 Å². The summed E-state index contributed by atoms with van der Waals surface area (Å²) in [6, 6.07) is 5.12. The molecule has 1 unspecified atom stereocenters. The molecule has 1 amide bonds. The van der Waals surface area contributed by atoms with Gasteiger partial charge in [-0.25, -0.2) is 0 Å². The summed E-state index contributed by atoms with van der Waals surface area (Å²) in [6.45, 7) is 4.10. The third kappa shape index (κ3) is 3.74. The van der Waals surface area contributed by atoms with E-state index in [9.17, 15) is 15.0 Å². The Labute approximate surface area is 108 Å². The van der Waals surface area contributed by atoms with Crippen molar-refractivity contribution in [1.82, 2.24) is 5.32 Å². The smallest absolute Gasteiger partial charge is 0.255 e. The van der Waals surface area contributed by atoms with Crippen LogP contribution >= 0.6 is 0 Å². The van der Waals surface area contributed by atoms with E-state index in [1.165, 1.54) is 0 Å². The topological polar surface area (TPSA) is 69.6 Å². The van der Waals surface area contributed by atoms with Crippen molar-refractivity contribution in [3.63, 3.8) is 0 Å². The Balaban J connectivity index is 2.67. The molecule has 0 aliphatic heterocycles. The number of rotatable bonds is 6. The number of phenolic OH excluding ortho intramolecular Hbond substituents is 1. The van der Waals surface area contributed by atoms with Crippen molar-refractivity contribution < 1.29 is 15.0 Å². The number of amides is 1. The van der Waals surface area contributed by atoms with Crippen molar-refractivity contribution in [2.45, 2.75) is 39.2 Å². The second-order valence-corrected chi connectivity index (χ2v) is 4.32. The van der Waals surface area contributed by atoms with E-state index >= 15 is 0 Å². The van der Waals surface area contributed by atoms with Crippen molar-refractivity contribution in [3.05, 3.63) is 29.3 Å². The van der Waals surface area contributed by atoms with Crippen LogP contribution < -0.4 is 5.32 Å². The molecular formula is C14H21NO3. The number of carbonyl (C=O) groups excluding carboxylic acids is 1. The van der Waals surface area contributed by atoms with Crippen molar-refractivity contribution in [1.29, 1.82) is 0 Å². The van der Waals surface area contributed by atoms with E-state index in [2.05, 4.69) is 5.32 Å². The predicted octanol–water partition coefficient (Wildman–Crippen LogP) is 1.85. The van der Waals surface area contributed by atoms with Gasteiger partial charge in [0.1, 0.15) is 5.75 Å². The molecule has 0 bridgehead atoms. The number of aryl methyl sites for hydroxylation is 1. The number of phenols is 1. The first kappa shape index (κ1) is 14.5. The summed E-state index contributed by atoms with van der Waals surface area (Å²) in [4.78, 5) is 11.9. The molecule has 4 heteroatoms. The number of aromatic hydroxyl groups is 1. The molecule has 0 aromatic heterocycles. The molecule has 0 radical (unpaired) electrons. The number of hydrogen-bond donors (Lipinski definition) is 3. The molecule has 4 nitrogen and oxygen atoms in total. The van der Waals surface area contributed by atoms with Gasteiger partial charge in [-0.3, -0.25) is 4.79 Å². The second kappa shape index (κ2) is 7.01. The fourth-order valence-corrected chi connectivity index (χ4v) is 1.80. The van der Waals surface area contributed by atoms with Crippen LogP contribution in [0.15, 0.2) is 18.2 Å². The van der Waals surface area contributed by atoms with Crippen molar-refractivity contribution >= 4 is 5.91 Å². The number of aliphatic hydroxyl groups is 1. The summed E-state index contributed by atoms with van der Waals surface area (Å²) < 4.78 is 0. The zero-order valence-electron chi connectivity index (χ0n) is 10.9. The average molecular weight is 251 g/mol. The first-order valence-electron chi connectivity index (χ1n) is 6.37. The minimum absolute atomic E-state index is 0.0301. The van der Waals surface area contributed by atoms with E-state index in [0.29, 0.717) is 12.8 Å². The Morgan fingerprint density at radius 1 is 1.39 bits per heavy atom. The maximum atomic E-state index is 11.9. The van der Waals surface area contributed by atoms with Crippen LogP contribution in [-0.4, -0.2) is 28.8 Å². The molecule has 0 aliphatic rings. The first-order valence-corrected chi connectivity index (χ1v) is 6.37. The lowest BCUT2D eigenvalue weighted by Crippen LogP contribution is -2.32. The van der Waals surface area contributed by atoms with Crippen LogP contribution in [0.5, 0.6) is 5.75 Å². The van der Waals surface area contributed by atoms with E-state index in [-0.39, 0.29) is 23.8 Å². The Morgan fingerprint density at radius 2 is 2.11 bits per heavy atom. The Kier molecular flexibility index (Phi) is 5.65. The van der Waals surface area contributed by atoms with Crippen LogP contribution in [0.4, 0.5) is 0 Å². The number of aliphatic hydroxyl groups excluding tert-OH is 1. The normalized spacial score (nSPS) is 12.2. The SMILES string of the molecule is CCCC(O)CNC(=O)c1cccc(CC)c1O. The zero-order chi connectivity index (χ0) is 13.5. The number of hydrogen-bond acceptors (Lipinski definition) is 3. The molecular weight excluding hydrogens is 230 g/mol. The zero-order valence-corrected chi connectivity index (χ0v) is 10.9. The first-order chi connectivity index (χ1) is 8.60. The molecule has 18 heavy (non-hydrogen) atoms. The van der Waals surface area contributed by atoms with Crippen LogP contribution in [0.3, 0.4) is 0 Å². The second-order valence-electron chi connectivity index (χ2n) is 4.32. The van der Waals surface area contributed by atoms with Gasteiger partial charge in [0.15, 0.2) is 0 Å². The Bertz CT molecular complexity index is 404. The number of benzene rings is 1. The number of para-hydroxylation sites is 1. The lowest BCUT2D eigenvalue weighted by molar-refractivity contribution is 0.0907. The van der Waals surface area contributed by atoms with E-state index in [0.717, 1.165) is 12.0 Å². The maximum absolute atomic E-state index is 11.9. The lowest BCUT2D eigenvalue weighted by atomic mass is 10.1. The molecule has 1 aromatic carbocycles. The highest BCUT2D eigenvalue weighted by Gasteiger charge is 2.14. The molecule has 1 atom stereocenters.